The average Bonchev–Trinajstić information content (AvgIpc) is 2.78. The SMILES string of the molecule is Cc1ccc(-c2ccc(-c3cc(F)c(C(F)(F)Oc4cc(F)c(F)c(P)c4)c(F)c3)c(F)c2)cc1C. The van der Waals surface area contributed by atoms with Gasteiger partial charge in [-0.1, -0.05) is 30.3 Å². The Morgan fingerprint density at radius 1 is 0.639 bits per heavy atom. The largest absolute Gasteiger partial charge is 0.432 e. The van der Waals surface area contributed by atoms with E-state index < -0.39 is 51.8 Å². The second kappa shape index (κ2) is 9.58. The Morgan fingerprint density at radius 3 is 1.81 bits per heavy atom. The zero-order chi connectivity index (χ0) is 26.4. The summed E-state index contributed by atoms with van der Waals surface area (Å²) in [6.07, 6.45) is -4.58. The second-order valence-corrected chi connectivity index (χ2v) is 8.86. The smallest absolute Gasteiger partial charge is 0.429 e. The molecule has 4 aromatic rings. The highest BCUT2D eigenvalue weighted by atomic mass is 31.0. The number of aryl methyl sites for hydroxylation is 2. The molecule has 0 N–H and O–H groups in total. The molecule has 0 heterocycles. The zero-order valence-corrected chi connectivity index (χ0v) is 20.1. The predicted molar refractivity (Wildman–Crippen MR) is 127 cm³/mol. The number of rotatable bonds is 5. The molecular weight excluding hydrogens is 504 g/mol. The Bertz CT molecular complexity index is 1440. The molecule has 0 saturated heterocycles. The lowest BCUT2D eigenvalue weighted by Crippen LogP contribution is -2.26. The van der Waals surface area contributed by atoms with Gasteiger partial charge in [-0.25, -0.2) is 22.0 Å². The van der Waals surface area contributed by atoms with Gasteiger partial charge in [-0.05, 0) is 65.9 Å². The van der Waals surface area contributed by atoms with Crippen molar-refractivity contribution in [2.45, 2.75) is 20.0 Å². The Morgan fingerprint density at radius 2 is 1.22 bits per heavy atom. The minimum atomic E-state index is -4.58. The van der Waals surface area contributed by atoms with Crippen LogP contribution >= 0.6 is 9.24 Å². The van der Waals surface area contributed by atoms with E-state index in [1.165, 1.54) is 12.1 Å². The predicted octanol–water partition coefficient (Wildman–Crippen LogP) is 7.96. The van der Waals surface area contributed by atoms with Crippen molar-refractivity contribution in [1.29, 1.82) is 0 Å². The summed E-state index contributed by atoms with van der Waals surface area (Å²) in [5.41, 5.74) is 1.04. The van der Waals surface area contributed by atoms with E-state index in [9.17, 15) is 30.7 Å². The van der Waals surface area contributed by atoms with Crippen molar-refractivity contribution in [3.8, 4) is 28.0 Å². The third-order valence-electron chi connectivity index (χ3n) is 5.73. The van der Waals surface area contributed by atoms with Gasteiger partial charge in [-0.15, -0.1) is 9.24 Å². The fourth-order valence-electron chi connectivity index (χ4n) is 3.70. The first-order valence-corrected chi connectivity index (χ1v) is 11.1. The van der Waals surface area contributed by atoms with E-state index in [1.807, 2.05) is 26.0 Å². The maximum atomic E-state index is 14.9. The molecule has 0 aliphatic heterocycles. The van der Waals surface area contributed by atoms with Crippen molar-refractivity contribution in [2.75, 3.05) is 0 Å². The lowest BCUT2D eigenvalue weighted by molar-refractivity contribution is -0.189. The van der Waals surface area contributed by atoms with Crippen LogP contribution in [0.25, 0.3) is 22.3 Å². The standard InChI is InChI=1S/C27H18F7OP/c1-13-3-4-15(7-14(13)2)16-5-6-19(20(28)8-16)17-9-21(29)25(22(30)10-17)27(33,34)35-18-11-23(31)26(32)24(36)12-18/h3-12H,36H2,1-2H3. The van der Waals surface area contributed by atoms with E-state index in [0.717, 1.165) is 22.8 Å². The number of benzene rings is 4. The molecule has 0 aliphatic carbocycles. The summed E-state index contributed by atoms with van der Waals surface area (Å²) in [7, 11) is 1.79. The Hall–Kier alpha value is -3.38. The molecular formula is C27H18F7OP. The fraction of sp³-hybridized carbons (Fsp3) is 0.111. The van der Waals surface area contributed by atoms with E-state index in [-0.39, 0.29) is 11.1 Å². The molecule has 0 bridgehead atoms. The molecule has 0 aliphatic rings. The highest BCUT2D eigenvalue weighted by Crippen LogP contribution is 2.38. The average molecular weight is 522 g/mol. The van der Waals surface area contributed by atoms with Crippen molar-refractivity contribution < 1.29 is 35.5 Å². The van der Waals surface area contributed by atoms with E-state index in [4.69, 9.17) is 0 Å². The molecule has 4 rings (SSSR count). The maximum absolute atomic E-state index is 14.9. The highest BCUT2D eigenvalue weighted by molar-refractivity contribution is 7.27. The van der Waals surface area contributed by atoms with Gasteiger partial charge in [-0.3, -0.25) is 0 Å². The van der Waals surface area contributed by atoms with Crippen LogP contribution in [0.4, 0.5) is 30.7 Å². The van der Waals surface area contributed by atoms with Crippen LogP contribution in [0.15, 0.2) is 60.7 Å². The van der Waals surface area contributed by atoms with Gasteiger partial charge in [0.2, 0.25) is 0 Å². The van der Waals surface area contributed by atoms with Crippen molar-refractivity contribution in [2.24, 2.45) is 0 Å². The molecule has 0 amide bonds. The van der Waals surface area contributed by atoms with E-state index in [2.05, 4.69) is 4.74 Å². The van der Waals surface area contributed by atoms with Gasteiger partial charge in [0.25, 0.3) is 0 Å². The fourth-order valence-corrected chi connectivity index (χ4v) is 4.00. The topological polar surface area (TPSA) is 9.23 Å². The van der Waals surface area contributed by atoms with Crippen LogP contribution in [0.2, 0.25) is 0 Å². The summed E-state index contributed by atoms with van der Waals surface area (Å²) in [5.74, 6) is -7.86. The molecule has 0 spiro atoms. The molecule has 36 heavy (non-hydrogen) atoms. The highest BCUT2D eigenvalue weighted by Gasteiger charge is 2.41. The lowest BCUT2D eigenvalue weighted by Gasteiger charge is -2.20. The summed E-state index contributed by atoms with van der Waals surface area (Å²) < 4.78 is 105. The van der Waals surface area contributed by atoms with Crippen molar-refractivity contribution in [3.05, 3.63) is 106 Å². The third-order valence-corrected chi connectivity index (χ3v) is 6.15. The molecule has 1 nitrogen and oxygen atoms in total. The van der Waals surface area contributed by atoms with Gasteiger partial charge < -0.3 is 4.74 Å². The molecule has 0 fully saturated rings. The van der Waals surface area contributed by atoms with E-state index in [0.29, 0.717) is 23.8 Å². The first kappa shape index (κ1) is 25.7. The van der Waals surface area contributed by atoms with Gasteiger partial charge >= 0.3 is 6.11 Å². The summed E-state index contributed by atoms with van der Waals surface area (Å²) in [5, 5.41) is -0.420. The lowest BCUT2D eigenvalue weighted by atomic mass is 9.96. The number of hydrogen-bond acceptors (Lipinski definition) is 1. The number of alkyl halides is 2. The molecule has 9 heteroatoms. The zero-order valence-electron chi connectivity index (χ0n) is 18.9. The number of ether oxygens (including phenoxy) is 1. The van der Waals surface area contributed by atoms with E-state index in [1.54, 1.807) is 21.4 Å². The molecule has 0 saturated carbocycles. The number of halogens is 7. The molecule has 0 radical (unpaired) electrons. The van der Waals surface area contributed by atoms with E-state index >= 15 is 0 Å². The molecule has 186 valence electrons. The summed E-state index contributed by atoms with van der Waals surface area (Å²) >= 11 is 0. The number of hydrogen-bond donors (Lipinski definition) is 0. The van der Waals surface area contributed by atoms with Crippen LogP contribution in [0.3, 0.4) is 0 Å². The summed E-state index contributed by atoms with van der Waals surface area (Å²) in [6.45, 7) is 3.84. The Balaban J connectivity index is 1.68. The summed E-state index contributed by atoms with van der Waals surface area (Å²) in [4.78, 5) is 0. The minimum Gasteiger partial charge on any atom is -0.429 e. The van der Waals surface area contributed by atoms with Crippen molar-refractivity contribution in [1.82, 2.24) is 0 Å². The van der Waals surface area contributed by atoms with Gasteiger partial charge in [0, 0.05) is 16.9 Å². The molecule has 4 aromatic carbocycles. The monoisotopic (exact) mass is 522 g/mol. The maximum Gasteiger partial charge on any atom is 0.432 e. The summed E-state index contributed by atoms with van der Waals surface area (Å²) in [6, 6.07) is 11.7. The normalized spacial score (nSPS) is 11.6. The molecule has 0 aromatic heterocycles. The van der Waals surface area contributed by atoms with Crippen LogP contribution in [-0.4, -0.2) is 0 Å². The molecule has 1 unspecified atom stereocenters. The van der Waals surface area contributed by atoms with Crippen LogP contribution < -0.4 is 10.0 Å². The molecule has 1 atom stereocenters. The first-order chi connectivity index (χ1) is 16.9. The quantitative estimate of drug-likeness (QED) is 0.191. The Labute approximate surface area is 204 Å². The second-order valence-electron chi connectivity index (χ2n) is 8.24. The van der Waals surface area contributed by atoms with Crippen LogP contribution in [0.5, 0.6) is 5.75 Å². The third kappa shape index (κ3) is 4.96. The van der Waals surface area contributed by atoms with Gasteiger partial charge in [0.15, 0.2) is 11.6 Å². The van der Waals surface area contributed by atoms with Crippen LogP contribution in [0, 0.1) is 42.9 Å². The van der Waals surface area contributed by atoms with Gasteiger partial charge in [0.05, 0.1) is 0 Å². The first-order valence-electron chi connectivity index (χ1n) is 10.6. The van der Waals surface area contributed by atoms with Gasteiger partial charge in [-0.2, -0.15) is 8.78 Å². The minimum absolute atomic E-state index is 0.204. The van der Waals surface area contributed by atoms with Crippen LogP contribution in [0.1, 0.15) is 16.7 Å². The van der Waals surface area contributed by atoms with Crippen molar-refractivity contribution >= 4 is 14.5 Å². The van der Waals surface area contributed by atoms with Crippen molar-refractivity contribution in [3.63, 3.8) is 0 Å². The Kier molecular flexibility index (Phi) is 6.84. The van der Waals surface area contributed by atoms with Gasteiger partial charge in [0.1, 0.15) is 28.8 Å². The van der Waals surface area contributed by atoms with Crippen LogP contribution in [-0.2, 0) is 6.11 Å².